The maximum absolute atomic E-state index is 2.69. The van der Waals surface area contributed by atoms with E-state index in [1.54, 1.807) is 32.1 Å². The van der Waals surface area contributed by atoms with Gasteiger partial charge in [-0.05, 0) is 78.4 Å². The Morgan fingerprint density at radius 3 is 2.47 bits per heavy atom. The van der Waals surface area contributed by atoms with Crippen molar-refractivity contribution in [3.63, 3.8) is 0 Å². The van der Waals surface area contributed by atoms with Gasteiger partial charge in [-0.25, -0.2) is 0 Å². The van der Waals surface area contributed by atoms with Crippen LogP contribution in [0.3, 0.4) is 0 Å². The van der Waals surface area contributed by atoms with Crippen molar-refractivity contribution in [1.29, 1.82) is 0 Å². The van der Waals surface area contributed by atoms with Gasteiger partial charge in [0.25, 0.3) is 0 Å². The minimum absolute atomic E-state index is 0.680. The van der Waals surface area contributed by atoms with Gasteiger partial charge in [-0.15, -0.1) is 0 Å². The number of rotatable bonds is 1. The summed E-state index contributed by atoms with van der Waals surface area (Å²) in [6, 6.07) is 0. The van der Waals surface area contributed by atoms with Crippen LogP contribution in [0.5, 0.6) is 0 Å². The molecule has 7 atom stereocenters. The van der Waals surface area contributed by atoms with Gasteiger partial charge in [0.1, 0.15) is 0 Å². The fourth-order valence-electron chi connectivity index (χ4n) is 7.09. The van der Waals surface area contributed by atoms with Crippen LogP contribution in [-0.2, 0) is 0 Å². The van der Waals surface area contributed by atoms with Crippen molar-refractivity contribution in [2.24, 2.45) is 46.3 Å². The number of hydrogen-bond donors (Lipinski definition) is 0. The minimum Gasteiger partial charge on any atom is -0.0622 e. The highest BCUT2D eigenvalue weighted by Gasteiger charge is 2.71. The molecule has 0 aliphatic heterocycles. The minimum atomic E-state index is 0.680. The third-order valence-electron chi connectivity index (χ3n) is 8.28. The summed E-state index contributed by atoms with van der Waals surface area (Å²) in [5.74, 6) is 6.41. The molecule has 4 rings (SSSR count). The Bertz CT molecular complexity index is 357. The zero-order chi connectivity index (χ0) is 12.0. The van der Waals surface area contributed by atoms with Gasteiger partial charge in [0.05, 0.1) is 0 Å². The molecule has 4 aliphatic carbocycles. The molecule has 4 aliphatic rings. The summed E-state index contributed by atoms with van der Waals surface area (Å²) in [5.41, 5.74) is 1.46. The normalized spacial score (nSPS) is 63.7. The zero-order valence-electron chi connectivity index (χ0n) is 12.0. The van der Waals surface area contributed by atoms with E-state index in [1.807, 2.05) is 0 Å². The summed E-state index contributed by atoms with van der Waals surface area (Å²) in [5, 5.41) is 0. The number of fused-ring (bicyclic) bond motifs is 9. The lowest BCUT2D eigenvalue weighted by molar-refractivity contribution is -0.0421. The topological polar surface area (TPSA) is 0 Å². The Hall–Kier alpha value is 0. The first kappa shape index (κ1) is 10.9. The molecule has 0 spiro atoms. The maximum atomic E-state index is 2.69. The van der Waals surface area contributed by atoms with Gasteiger partial charge < -0.3 is 0 Å². The molecule has 4 fully saturated rings. The number of hydrogen-bond acceptors (Lipinski definition) is 0. The fourth-order valence-corrected chi connectivity index (χ4v) is 7.09. The lowest BCUT2D eigenvalue weighted by Crippen LogP contribution is -2.46. The molecule has 0 nitrogen and oxygen atoms in total. The molecule has 0 heteroatoms. The molecule has 4 bridgehead atoms. The van der Waals surface area contributed by atoms with Crippen LogP contribution in [0.25, 0.3) is 0 Å². The SMILES string of the molecule is CC(C)[C@@]1(C)CC2CC1C1C3CCC(C3)C21C. The van der Waals surface area contributed by atoms with Gasteiger partial charge in [0.15, 0.2) is 0 Å². The van der Waals surface area contributed by atoms with Crippen LogP contribution < -0.4 is 0 Å². The van der Waals surface area contributed by atoms with Crippen molar-refractivity contribution in [2.75, 3.05) is 0 Å². The van der Waals surface area contributed by atoms with E-state index in [1.165, 1.54) is 0 Å². The summed E-state index contributed by atoms with van der Waals surface area (Å²) < 4.78 is 0. The summed E-state index contributed by atoms with van der Waals surface area (Å²) in [7, 11) is 0. The van der Waals surface area contributed by atoms with Crippen molar-refractivity contribution in [2.45, 2.75) is 59.8 Å². The van der Waals surface area contributed by atoms with Gasteiger partial charge >= 0.3 is 0 Å². The van der Waals surface area contributed by atoms with Crippen LogP contribution in [-0.4, -0.2) is 0 Å². The first-order valence-electron chi connectivity index (χ1n) is 7.98. The van der Waals surface area contributed by atoms with Crippen molar-refractivity contribution in [3.05, 3.63) is 0 Å². The third-order valence-corrected chi connectivity index (χ3v) is 8.28. The van der Waals surface area contributed by atoms with E-state index >= 15 is 0 Å². The van der Waals surface area contributed by atoms with Gasteiger partial charge in [0.2, 0.25) is 0 Å². The largest absolute Gasteiger partial charge is 0.0622 e. The van der Waals surface area contributed by atoms with Crippen molar-refractivity contribution < 1.29 is 0 Å². The average Bonchev–Trinajstić information content (AvgIpc) is 2.93. The first-order valence-corrected chi connectivity index (χ1v) is 7.98. The van der Waals surface area contributed by atoms with Crippen molar-refractivity contribution in [3.8, 4) is 0 Å². The molecule has 0 aromatic rings. The van der Waals surface area contributed by atoms with Gasteiger partial charge in [-0.1, -0.05) is 27.7 Å². The standard InChI is InChI=1S/C17H28/c1-10(2)16(3)9-13-8-14(16)15-11-5-6-12(7-11)17(13,15)4/h10-15H,5-9H2,1-4H3/t11?,12?,13?,14?,15?,16-,17?/m1/s1. The summed E-state index contributed by atoms with van der Waals surface area (Å²) >= 11 is 0. The lowest BCUT2D eigenvalue weighted by Gasteiger charge is -2.52. The molecule has 0 aromatic carbocycles. The summed E-state index contributed by atoms with van der Waals surface area (Å²) in [6.45, 7) is 10.3. The van der Waals surface area contributed by atoms with E-state index in [4.69, 9.17) is 0 Å². The Labute approximate surface area is 107 Å². The molecule has 0 amide bonds. The summed E-state index contributed by atoms with van der Waals surface area (Å²) in [6.07, 6.45) is 7.87. The predicted octanol–water partition coefficient (Wildman–Crippen LogP) is 4.74. The van der Waals surface area contributed by atoms with E-state index in [0.29, 0.717) is 5.41 Å². The van der Waals surface area contributed by atoms with E-state index in [9.17, 15) is 0 Å². The van der Waals surface area contributed by atoms with Crippen LogP contribution in [0.2, 0.25) is 0 Å². The zero-order valence-corrected chi connectivity index (χ0v) is 12.0. The molecule has 6 unspecified atom stereocenters. The highest BCUT2D eigenvalue weighted by atomic mass is 14.8. The molecule has 0 radical (unpaired) electrons. The Balaban J connectivity index is 1.76. The highest BCUT2D eigenvalue weighted by Crippen LogP contribution is 2.78. The molecule has 4 saturated carbocycles. The molecular weight excluding hydrogens is 204 g/mol. The second-order valence-corrected chi connectivity index (χ2v) is 8.57. The average molecular weight is 232 g/mol. The predicted molar refractivity (Wildman–Crippen MR) is 71.6 cm³/mol. The van der Waals surface area contributed by atoms with Crippen molar-refractivity contribution >= 4 is 0 Å². The first-order chi connectivity index (χ1) is 7.98. The van der Waals surface area contributed by atoms with Crippen LogP contribution in [0.15, 0.2) is 0 Å². The lowest BCUT2D eigenvalue weighted by atomic mass is 9.52. The molecular formula is C17H28. The molecule has 0 N–H and O–H groups in total. The Morgan fingerprint density at radius 1 is 1.00 bits per heavy atom. The van der Waals surface area contributed by atoms with Gasteiger partial charge in [-0.3, -0.25) is 0 Å². The second-order valence-electron chi connectivity index (χ2n) is 8.57. The van der Waals surface area contributed by atoms with E-state index < -0.39 is 0 Å². The maximum Gasteiger partial charge on any atom is -0.0235 e. The molecule has 0 aromatic heterocycles. The monoisotopic (exact) mass is 232 g/mol. The van der Waals surface area contributed by atoms with Crippen LogP contribution in [0.4, 0.5) is 0 Å². The van der Waals surface area contributed by atoms with E-state index in [0.717, 1.165) is 40.9 Å². The quantitative estimate of drug-likeness (QED) is 0.573. The van der Waals surface area contributed by atoms with Gasteiger partial charge in [-0.2, -0.15) is 0 Å². The van der Waals surface area contributed by atoms with Crippen molar-refractivity contribution in [1.82, 2.24) is 0 Å². The Kier molecular flexibility index (Phi) is 1.88. The van der Waals surface area contributed by atoms with Crippen LogP contribution in [0.1, 0.15) is 59.8 Å². The van der Waals surface area contributed by atoms with Crippen LogP contribution in [0, 0.1) is 46.3 Å². The fraction of sp³-hybridized carbons (Fsp3) is 1.00. The highest BCUT2D eigenvalue weighted by molar-refractivity contribution is 5.19. The van der Waals surface area contributed by atoms with E-state index in [2.05, 4.69) is 27.7 Å². The Morgan fingerprint density at radius 2 is 1.76 bits per heavy atom. The summed E-state index contributed by atoms with van der Waals surface area (Å²) in [4.78, 5) is 0. The van der Waals surface area contributed by atoms with Gasteiger partial charge in [0, 0.05) is 0 Å². The molecule has 96 valence electrons. The smallest absolute Gasteiger partial charge is 0.0235 e. The van der Waals surface area contributed by atoms with E-state index in [-0.39, 0.29) is 0 Å². The molecule has 0 saturated heterocycles. The molecule has 0 heterocycles. The van der Waals surface area contributed by atoms with Crippen LogP contribution >= 0.6 is 0 Å². The second kappa shape index (κ2) is 2.94. The molecule has 17 heavy (non-hydrogen) atoms. The third kappa shape index (κ3) is 1.00.